The fraction of sp³-hybridized carbons (Fsp3) is 0.875. The zero-order chi connectivity index (χ0) is 14.8. The van der Waals surface area contributed by atoms with Crippen molar-refractivity contribution in [3.8, 4) is 0 Å². The van der Waals surface area contributed by atoms with E-state index < -0.39 is 5.97 Å². The van der Waals surface area contributed by atoms with Crippen LogP contribution in [0.2, 0.25) is 0 Å². The summed E-state index contributed by atoms with van der Waals surface area (Å²) in [6.45, 7) is 2.58. The zero-order valence-corrected chi connectivity index (χ0v) is 12.7. The summed E-state index contributed by atoms with van der Waals surface area (Å²) in [6, 6.07) is 0.456. The molecule has 118 valence electrons. The first-order valence-electron chi connectivity index (χ1n) is 8.40. The minimum atomic E-state index is -0.727. The minimum absolute atomic E-state index is 0.220. The highest BCUT2D eigenvalue weighted by Crippen LogP contribution is 2.35. The summed E-state index contributed by atoms with van der Waals surface area (Å²) in [6.07, 6.45) is 8.08. The number of carbonyl (C=O) groups is 2. The van der Waals surface area contributed by atoms with E-state index in [1.54, 1.807) is 0 Å². The van der Waals surface area contributed by atoms with Gasteiger partial charge in [0, 0.05) is 19.1 Å². The van der Waals surface area contributed by atoms with Crippen molar-refractivity contribution in [2.24, 2.45) is 11.8 Å². The van der Waals surface area contributed by atoms with E-state index in [9.17, 15) is 9.59 Å². The maximum Gasteiger partial charge on any atom is 0.307 e. The Bertz CT molecular complexity index is 410. The van der Waals surface area contributed by atoms with E-state index in [1.165, 1.54) is 25.7 Å². The van der Waals surface area contributed by atoms with E-state index in [2.05, 4.69) is 4.90 Å². The fourth-order valence-electron chi connectivity index (χ4n) is 4.39. The Morgan fingerprint density at radius 2 is 1.76 bits per heavy atom. The Labute approximate surface area is 126 Å². The number of carboxylic acids is 1. The Balaban J connectivity index is 1.56. The normalized spacial score (nSPS) is 33.7. The molecule has 1 N–H and O–H groups in total. The van der Waals surface area contributed by atoms with E-state index in [1.807, 2.05) is 4.90 Å². The highest BCUT2D eigenvalue weighted by Gasteiger charge is 2.37. The summed E-state index contributed by atoms with van der Waals surface area (Å²) in [4.78, 5) is 27.8. The molecule has 1 aliphatic carbocycles. The Kier molecular flexibility index (Phi) is 4.48. The van der Waals surface area contributed by atoms with Crippen molar-refractivity contribution in [1.82, 2.24) is 9.80 Å². The number of rotatable bonds is 3. The quantitative estimate of drug-likeness (QED) is 0.858. The lowest BCUT2D eigenvalue weighted by Gasteiger charge is -2.44. The second-order valence-electron chi connectivity index (χ2n) is 6.90. The van der Waals surface area contributed by atoms with Gasteiger partial charge in [-0.15, -0.1) is 0 Å². The number of carboxylic acid groups (broad SMARTS) is 1. The number of aliphatic carboxylic acids is 1. The van der Waals surface area contributed by atoms with Crippen LogP contribution in [0, 0.1) is 11.8 Å². The lowest BCUT2D eigenvalue weighted by Crippen LogP contribution is -2.52. The van der Waals surface area contributed by atoms with Crippen LogP contribution in [-0.4, -0.2) is 59.0 Å². The molecule has 1 amide bonds. The predicted molar refractivity (Wildman–Crippen MR) is 78.9 cm³/mol. The number of hydrogen-bond acceptors (Lipinski definition) is 3. The van der Waals surface area contributed by atoms with Crippen molar-refractivity contribution in [1.29, 1.82) is 0 Å². The number of piperidine rings is 1. The summed E-state index contributed by atoms with van der Waals surface area (Å²) >= 11 is 0. The Morgan fingerprint density at radius 1 is 1.00 bits per heavy atom. The van der Waals surface area contributed by atoms with Gasteiger partial charge in [0.05, 0.1) is 12.5 Å². The second kappa shape index (κ2) is 6.34. The smallest absolute Gasteiger partial charge is 0.307 e. The predicted octanol–water partition coefficient (Wildman–Crippen LogP) is 1.57. The number of carbonyl (C=O) groups excluding carboxylic acids is 1. The minimum Gasteiger partial charge on any atom is -0.481 e. The monoisotopic (exact) mass is 294 g/mol. The molecule has 0 aromatic carbocycles. The fourth-order valence-corrected chi connectivity index (χ4v) is 4.39. The molecular weight excluding hydrogens is 268 g/mol. The molecule has 2 aliphatic heterocycles. The zero-order valence-electron chi connectivity index (χ0n) is 12.7. The van der Waals surface area contributed by atoms with Crippen molar-refractivity contribution in [2.75, 3.05) is 26.2 Å². The van der Waals surface area contributed by atoms with Crippen molar-refractivity contribution in [2.45, 2.75) is 51.0 Å². The topological polar surface area (TPSA) is 60.9 Å². The van der Waals surface area contributed by atoms with Gasteiger partial charge in [-0.3, -0.25) is 14.5 Å². The van der Waals surface area contributed by atoms with E-state index in [4.69, 9.17) is 5.11 Å². The van der Waals surface area contributed by atoms with Gasteiger partial charge in [-0.1, -0.05) is 12.8 Å². The molecule has 3 aliphatic rings. The van der Waals surface area contributed by atoms with Crippen molar-refractivity contribution < 1.29 is 14.7 Å². The summed E-state index contributed by atoms with van der Waals surface area (Å²) in [7, 11) is 0. The molecule has 21 heavy (non-hydrogen) atoms. The van der Waals surface area contributed by atoms with Gasteiger partial charge in [0.2, 0.25) is 5.91 Å². The van der Waals surface area contributed by atoms with Crippen LogP contribution in [0.1, 0.15) is 44.9 Å². The van der Waals surface area contributed by atoms with Crippen LogP contribution < -0.4 is 0 Å². The van der Waals surface area contributed by atoms with Crippen LogP contribution >= 0.6 is 0 Å². The first-order valence-corrected chi connectivity index (χ1v) is 8.40. The summed E-state index contributed by atoms with van der Waals surface area (Å²) in [5.74, 6) is -0.0868. The maximum absolute atomic E-state index is 12.6. The van der Waals surface area contributed by atoms with Crippen LogP contribution in [0.15, 0.2) is 0 Å². The molecule has 0 bridgehead atoms. The molecule has 0 aromatic heterocycles. The third-order valence-electron chi connectivity index (χ3n) is 5.54. The van der Waals surface area contributed by atoms with Gasteiger partial charge in [-0.05, 0) is 44.6 Å². The van der Waals surface area contributed by atoms with Gasteiger partial charge in [0.1, 0.15) is 0 Å². The molecule has 5 heteroatoms. The molecular formula is C16H26N2O3. The Hall–Kier alpha value is -1.10. The molecule has 0 unspecified atom stereocenters. The van der Waals surface area contributed by atoms with E-state index in [0.717, 1.165) is 25.9 Å². The third kappa shape index (κ3) is 3.23. The maximum atomic E-state index is 12.6. The van der Waals surface area contributed by atoms with Crippen molar-refractivity contribution in [3.05, 3.63) is 0 Å². The van der Waals surface area contributed by atoms with Crippen LogP contribution in [0.25, 0.3) is 0 Å². The van der Waals surface area contributed by atoms with E-state index >= 15 is 0 Å². The lowest BCUT2D eigenvalue weighted by molar-refractivity contribution is -0.142. The van der Waals surface area contributed by atoms with Crippen LogP contribution in [0.4, 0.5) is 0 Å². The largest absolute Gasteiger partial charge is 0.481 e. The first kappa shape index (κ1) is 14.8. The van der Waals surface area contributed by atoms with Gasteiger partial charge in [-0.2, -0.15) is 0 Å². The highest BCUT2D eigenvalue weighted by molar-refractivity contribution is 5.79. The molecule has 3 fully saturated rings. The third-order valence-corrected chi connectivity index (χ3v) is 5.54. The molecule has 5 nitrogen and oxygen atoms in total. The number of fused-ring (bicyclic) bond motifs is 1. The Morgan fingerprint density at radius 3 is 2.52 bits per heavy atom. The van der Waals surface area contributed by atoms with Crippen molar-refractivity contribution >= 4 is 11.9 Å². The molecule has 2 heterocycles. The summed E-state index contributed by atoms with van der Waals surface area (Å²) < 4.78 is 0. The number of likely N-dealkylation sites (tertiary alicyclic amines) is 2. The van der Waals surface area contributed by atoms with Crippen molar-refractivity contribution in [3.63, 3.8) is 0 Å². The van der Waals surface area contributed by atoms with Gasteiger partial charge < -0.3 is 10.0 Å². The highest BCUT2D eigenvalue weighted by atomic mass is 16.4. The average molecular weight is 294 g/mol. The molecule has 3 atom stereocenters. The van der Waals surface area contributed by atoms with Gasteiger partial charge >= 0.3 is 5.97 Å². The SMILES string of the molecule is O=C(O)[C@@H]1CCN(CC(=O)N2CCC[C@@H]3CCCC[C@@H]32)C1. The van der Waals surface area contributed by atoms with Gasteiger partial charge in [0.15, 0.2) is 0 Å². The van der Waals surface area contributed by atoms with Gasteiger partial charge in [-0.25, -0.2) is 0 Å². The lowest BCUT2D eigenvalue weighted by atomic mass is 9.78. The molecule has 1 saturated carbocycles. The second-order valence-corrected chi connectivity index (χ2v) is 6.90. The number of amides is 1. The molecule has 0 spiro atoms. The van der Waals surface area contributed by atoms with Crippen LogP contribution in [-0.2, 0) is 9.59 Å². The van der Waals surface area contributed by atoms with Gasteiger partial charge in [0.25, 0.3) is 0 Å². The summed E-state index contributed by atoms with van der Waals surface area (Å²) in [5.41, 5.74) is 0. The van der Waals surface area contributed by atoms with Crippen LogP contribution in [0.3, 0.4) is 0 Å². The number of nitrogens with zero attached hydrogens (tertiary/aromatic N) is 2. The van der Waals surface area contributed by atoms with E-state index in [-0.39, 0.29) is 11.8 Å². The average Bonchev–Trinajstić information content (AvgIpc) is 2.95. The molecule has 0 aromatic rings. The first-order chi connectivity index (χ1) is 10.1. The molecule has 0 radical (unpaired) electrons. The standard InChI is InChI=1S/C16H26N2O3/c19-15(11-17-9-7-13(10-17)16(20)21)18-8-3-5-12-4-1-2-6-14(12)18/h12-14H,1-11H2,(H,20,21)/t12-,13+,14-/m0/s1. The van der Waals surface area contributed by atoms with E-state index in [0.29, 0.717) is 31.5 Å². The van der Waals surface area contributed by atoms with Crippen LogP contribution in [0.5, 0.6) is 0 Å². The number of hydrogen-bond donors (Lipinski definition) is 1. The molecule has 3 rings (SSSR count). The summed E-state index contributed by atoms with van der Waals surface area (Å²) in [5, 5.41) is 9.05. The molecule has 2 saturated heterocycles.